The number of hydrogen-bond donors (Lipinski definition) is 0. The maximum atomic E-state index is 12.4. The van der Waals surface area contributed by atoms with Crippen LogP contribution in [0.3, 0.4) is 0 Å². The molecule has 7 heteroatoms. The van der Waals surface area contributed by atoms with Crippen LogP contribution in [0.1, 0.15) is 16.8 Å². The lowest BCUT2D eigenvalue weighted by Crippen LogP contribution is -2.05. The molecule has 0 aliphatic carbocycles. The molecule has 3 nitrogen and oxygen atoms in total. The molecular weight excluding hydrogens is 311 g/mol. The van der Waals surface area contributed by atoms with Gasteiger partial charge in [0.05, 0.1) is 11.9 Å². The molecule has 18 heavy (non-hydrogen) atoms. The molecule has 2 rings (SSSR count). The third-order valence-electron chi connectivity index (χ3n) is 2.47. The van der Waals surface area contributed by atoms with Gasteiger partial charge in [-0.05, 0) is 37.1 Å². The van der Waals surface area contributed by atoms with Gasteiger partial charge in [0.25, 0.3) is 0 Å². The molecule has 0 atom stereocenters. The summed E-state index contributed by atoms with van der Waals surface area (Å²) >= 11 is 3.40. The van der Waals surface area contributed by atoms with Crippen LogP contribution >= 0.6 is 15.9 Å². The number of hydrogen-bond acceptors (Lipinski definition) is 2. The smallest absolute Gasteiger partial charge is 0.220 e. The van der Waals surface area contributed by atoms with Crippen molar-refractivity contribution in [1.29, 1.82) is 0 Å². The van der Waals surface area contributed by atoms with Crippen molar-refractivity contribution in [3.05, 3.63) is 39.6 Å². The maximum Gasteiger partial charge on any atom is 0.436 e. The van der Waals surface area contributed by atoms with Crippen molar-refractivity contribution >= 4 is 15.9 Å². The molecule has 0 fully saturated rings. The van der Waals surface area contributed by atoms with Gasteiger partial charge in [-0.1, -0.05) is 21.1 Å². The molecule has 0 unspecified atom stereocenters. The Hall–Kier alpha value is -1.37. The predicted octanol–water partition coefficient (Wildman–Crippen LogP) is 3.67. The number of aryl methyl sites for hydroxylation is 2. The van der Waals surface area contributed by atoms with Crippen LogP contribution in [0.15, 0.2) is 22.8 Å². The Labute approximate surface area is 110 Å². The fraction of sp³-hybridized carbons (Fsp3) is 0.273. The topological polar surface area (TPSA) is 30.7 Å². The van der Waals surface area contributed by atoms with E-state index in [2.05, 4.69) is 26.2 Å². The molecular formula is C11H9BrF3N3. The van der Waals surface area contributed by atoms with E-state index in [0.717, 1.165) is 26.5 Å². The van der Waals surface area contributed by atoms with Gasteiger partial charge >= 0.3 is 6.18 Å². The largest absolute Gasteiger partial charge is 0.436 e. The van der Waals surface area contributed by atoms with Crippen molar-refractivity contribution in [2.75, 3.05) is 0 Å². The van der Waals surface area contributed by atoms with E-state index in [0.29, 0.717) is 5.69 Å². The van der Waals surface area contributed by atoms with Gasteiger partial charge in [-0.2, -0.15) is 13.2 Å². The molecule has 0 N–H and O–H groups in total. The van der Waals surface area contributed by atoms with Crippen molar-refractivity contribution in [2.24, 2.45) is 0 Å². The zero-order valence-corrected chi connectivity index (χ0v) is 11.2. The molecule has 0 radical (unpaired) electrons. The van der Waals surface area contributed by atoms with Gasteiger partial charge in [0.15, 0.2) is 5.69 Å². The Morgan fingerprint density at radius 3 is 2.17 bits per heavy atom. The lowest BCUT2D eigenvalue weighted by molar-refractivity contribution is -0.141. The molecule has 0 saturated carbocycles. The number of alkyl halides is 3. The zero-order valence-electron chi connectivity index (χ0n) is 9.59. The Morgan fingerprint density at radius 1 is 1.17 bits per heavy atom. The van der Waals surface area contributed by atoms with Crippen LogP contribution in [0.5, 0.6) is 0 Å². The van der Waals surface area contributed by atoms with Gasteiger partial charge < -0.3 is 0 Å². The predicted molar refractivity (Wildman–Crippen MR) is 63.5 cm³/mol. The van der Waals surface area contributed by atoms with E-state index in [1.54, 1.807) is 12.1 Å². The summed E-state index contributed by atoms with van der Waals surface area (Å²) in [4.78, 5) is 0. The van der Waals surface area contributed by atoms with Crippen LogP contribution in [-0.2, 0) is 6.18 Å². The van der Waals surface area contributed by atoms with Gasteiger partial charge in [-0.15, -0.1) is 5.10 Å². The summed E-state index contributed by atoms with van der Waals surface area (Å²) in [7, 11) is 0. The van der Waals surface area contributed by atoms with Gasteiger partial charge in [0.2, 0.25) is 0 Å². The van der Waals surface area contributed by atoms with E-state index in [9.17, 15) is 13.2 Å². The Morgan fingerprint density at radius 2 is 1.72 bits per heavy atom. The van der Waals surface area contributed by atoms with Crippen molar-refractivity contribution in [3.63, 3.8) is 0 Å². The molecule has 0 aliphatic rings. The van der Waals surface area contributed by atoms with Gasteiger partial charge in [0.1, 0.15) is 0 Å². The third kappa shape index (κ3) is 2.40. The van der Waals surface area contributed by atoms with E-state index in [-0.39, 0.29) is 0 Å². The lowest BCUT2D eigenvalue weighted by atomic mass is 10.1. The number of nitrogens with zero attached hydrogens (tertiary/aromatic N) is 3. The molecule has 0 saturated heterocycles. The molecule has 0 bridgehead atoms. The van der Waals surface area contributed by atoms with E-state index in [1.165, 1.54) is 0 Å². The van der Waals surface area contributed by atoms with Crippen LogP contribution in [0.2, 0.25) is 0 Å². The maximum absolute atomic E-state index is 12.4. The van der Waals surface area contributed by atoms with Gasteiger partial charge in [0, 0.05) is 4.47 Å². The highest BCUT2D eigenvalue weighted by molar-refractivity contribution is 9.10. The van der Waals surface area contributed by atoms with Crippen molar-refractivity contribution < 1.29 is 13.2 Å². The number of halogens is 4. The van der Waals surface area contributed by atoms with E-state index in [4.69, 9.17) is 0 Å². The summed E-state index contributed by atoms with van der Waals surface area (Å²) in [6.45, 7) is 3.73. The summed E-state index contributed by atoms with van der Waals surface area (Å²) in [5.41, 5.74) is 1.40. The second-order valence-electron chi connectivity index (χ2n) is 3.94. The van der Waals surface area contributed by atoms with Crippen LogP contribution < -0.4 is 0 Å². The first-order valence-corrected chi connectivity index (χ1v) is 5.85. The van der Waals surface area contributed by atoms with Crippen LogP contribution in [0.25, 0.3) is 5.69 Å². The van der Waals surface area contributed by atoms with Gasteiger partial charge in [-0.25, -0.2) is 4.68 Å². The van der Waals surface area contributed by atoms with Crippen LogP contribution in [-0.4, -0.2) is 15.0 Å². The van der Waals surface area contributed by atoms with Gasteiger partial charge in [-0.3, -0.25) is 0 Å². The number of rotatable bonds is 1. The molecule has 1 aromatic heterocycles. The molecule has 0 aliphatic heterocycles. The Bertz CT molecular complexity index is 566. The summed E-state index contributed by atoms with van der Waals surface area (Å²) in [5, 5.41) is 6.62. The highest BCUT2D eigenvalue weighted by atomic mass is 79.9. The minimum atomic E-state index is -4.47. The summed E-state index contributed by atoms with van der Waals surface area (Å²) in [6.07, 6.45) is -3.60. The summed E-state index contributed by atoms with van der Waals surface area (Å²) in [5.74, 6) is 0. The molecule has 96 valence electrons. The quantitative estimate of drug-likeness (QED) is 0.803. The Balaban J connectivity index is 2.47. The van der Waals surface area contributed by atoms with Crippen molar-refractivity contribution in [1.82, 2.24) is 15.0 Å². The molecule has 0 amide bonds. The lowest BCUT2D eigenvalue weighted by Gasteiger charge is -2.07. The first kappa shape index (κ1) is 13.1. The highest BCUT2D eigenvalue weighted by Gasteiger charge is 2.34. The summed E-state index contributed by atoms with van der Waals surface area (Å²) in [6, 6.07) is 3.48. The van der Waals surface area contributed by atoms with Crippen molar-refractivity contribution in [2.45, 2.75) is 20.0 Å². The average Bonchev–Trinajstić information content (AvgIpc) is 2.73. The third-order valence-corrected chi connectivity index (χ3v) is 3.72. The fourth-order valence-corrected chi connectivity index (χ4v) is 1.80. The molecule has 0 spiro atoms. The Kier molecular flexibility index (Phi) is 3.18. The van der Waals surface area contributed by atoms with E-state index >= 15 is 0 Å². The molecule has 1 heterocycles. The summed E-state index contributed by atoms with van der Waals surface area (Å²) < 4.78 is 39.3. The molecule has 2 aromatic rings. The zero-order chi connectivity index (χ0) is 13.5. The average molecular weight is 320 g/mol. The SMILES string of the molecule is Cc1cc(-n2cc(C(F)(F)F)nn2)cc(C)c1Br. The monoisotopic (exact) mass is 319 g/mol. The normalized spacial score (nSPS) is 11.9. The minimum absolute atomic E-state index is 0.552. The second-order valence-corrected chi connectivity index (χ2v) is 4.73. The minimum Gasteiger partial charge on any atom is -0.220 e. The first-order chi connectivity index (χ1) is 8.29. The van der Waals surface area contributed by atoms with Crippen molar-refractivity contribution in [3.8, 4) is 5.69 Å². The fourth-order valence-electron chi connectivity index (χ4n) is 1.58. The number of benzene rings is 1. The second kappa shape index (κ2) is 4.38. The molecule has 1 aromatic carbocycles. The number of aromatic nitrogens is 3. The van der Waals surface area contributed by atoms with Crippen LogP contribution in [0, 0.1) is 13.8 Å². The van der Waals surface area contributed by atoms with E-state index in [1.807, 2.05) is 13.8 Å². The van der Waals surface area contributed by atoms with E-state index < -0.39 is 11.9 Å². The standard InChI is InChI=1S/C11H9BrF3N3/c1-6-3-8(4-7(2)10(6)12)18-5-9(16-17-18)11(13,14)15/h3-5H,1-2H3. The highest BCUT2D eigenvalue weighted by Crippen LogP contribution is 2.28. The first-order valence-electron chi connectivity index (χ1n) is 5.05. The van der Waals surface area contributed by atoms with Crippen LogP contribution in [0.4, 0.5) is 13.2 Å².